The molecule has 4 nitrogen and oxygen atoms in total. The van der Waals surface area contributed by atoms with Gasteiger partial charge in [0.1, 0.15) is 6.10 Å². The van der Waals surface area contributed by atoms with Crippen molar-refractivity contribution >= 4 is 17.2 Å². The Balaban J connectivity index is 2.85. The average Bonchev–Trinajstić information content (AvgIpc) is 2.48. The normalized spacial score (nSPS) is 15.3. The van der Waals surface area contributed by atoms with E-state index in [1.54, 1.807) is 18.4 Å². The van der Waals surface area contributed by atoms with Gasteiger partial charge in [-0.2, -0.15) is 0 Å². The third-order valence-electron chi connectivity index (χ3n) is 1.81. The van der Waals surface area contributed by atoms with Gasteiger partial charge in [-0.3, -0.25) is 4.79 Å². The molecule has 0 fully saturated rings. The lowest BCUT2D eigenvalue weighted by Crippen LogP contribution is -2.33. The molecule has 0 radical (unpaired) electrons. The summed E-state index contributed by atoms with van der Waals surface area (Å²) in [5.41, 5.74) is 5.40. The Kier molecular flexibility index (Phi) is 3.02. The molecule has 1 aromatic rings. The van der Waals surface area contributed by atoms with Crippen molar-refractivity contribution in [3.05, 3.63) is 21.9 Å². The fourth-order valence-electron chi connectivity index (χ4n) is 1.03. The van der Waals surface area contributed by atoms with Crippen LogP contribution < -0.4 is 5.73 Å². The van der Waals surface area contributed by atoms with Gasteiger partial charge in [0.05, 0.1) is 0 Å². The molecular formula is C8H11NO3S. The van der Waals surface area contributed by atoms with Gasteiger partial charge in [-0.1, -0.05) is 0 Å². The fraction of sp³-hybridized carbons (Fsp3) is 0.375. The van der Waals surface area contributed by atoms with Gasteiger partial charge in [0.2, 0.25) is 5.91 Å². The SMILES string of the molecule is Cc1sccc1C(O)C(O)C(N)=O. The van der Waals surface area contributed by atoms with E-state index in [0.29, 0.717) is 5.56 Å². The maximum atomic E-state index is 10.6. The van der Waals surface area contributed by atoms with E-state index in [4.69, 9.17) is 5.73 Å². The minimum atomic E-state index is -1.53. The molecule has 5 heteroatoms. The zero-order valence-corrected chi connectivity index (χ0v) is 7.91. The highest BCUT2D eigenvalue weighted by Crippen LogP contribution is 2.24. The predicted molar refractivity (Wildman–Crippen MR) is 49.2 cm³/mol. The van der Waals surface area contributed by atoms with E-state index < -0.39 is 18.1 Å². The molecule has 4 N–H and O–H groups in total. The molecule has 0 aliphatic heterocycles. The molecule has 13 heavy (non-hydrogen) atoms. The van der Waals surface area contributed by atoms with Crippen LogP contribution in [0.1, 0.15) is 16.5 Å². The maximum absolute atomic E-state index is 10.6. The number of aliphatic hydroxyl groups excluding tert-OH is 2. The monoisotopic (exact) mass is 201 g/mol. The molecular weight excluding hydrogens is 190 g/mol. The second-order valence-electron chi connectivity index (χ2n) is 2.72. The number of hydrogen-bond acceptors (Lipinski definition) is 4. The Labute approximate surface area is 79.6 Å². The average molecular weight is 201 g/mol. The third-order valence-corrected chi connectivity index (χ3v) is 2.67. The molecule has 2 unspecified atom stereocenters. The van der Waals surface area contributed by atoms with Crippen LogP contribution in [0.25, 0.3) is 0 Å². The molecule has 1 amide bonds. The summed E-state index contributed by atoms with van der Waals surface area (Å²) in [6.45, 7) is 1.80. The first-order chi connectivity index (χ1) is 6.04. The van der Waals surface area contributed by atoms with Crippen molar-refractivity contribution in [1.29, 1.82) is 0 Å². The van der Waals surface area contributed by atoms with E-state index in [1.807, 2.05) is 0 Å². The van der Waals surface area contributed by atoms with Crippen molar-refractivity contribution in [1.82, 2.24) is 0 Å². The molecule has 0 aliphatic rings. The zero-order valence-electron chi connectivity index (χ0n) is 7.10. The van der Waals surface area contributed by atoms with Crippen molar-refractivity contribution < 1.29 is 15.0 Å². The third kappa shape index (κ3) is 2.06. The minimum absolute atomic E-state index is 0.552. The Hall–Kier alpha value is -0.910. The molecule has 1 aromatic heterocycles. The van der Waals surface area contributed by atoms with Crippen LogP contribution in [0.2, 0.25) is 0 Å². The Bertz CT molecular complexity index is 310. The molecule has 0 saturated carbocycles. The van der Waals surface area contributed by atoms with Gasteiger partial charge in [-0.05, 0) is 23.9 Å². The summed E-state index contributed by atoms with van der Waals surface area (Å²) in [5, 5.41) is 20.4. The van der Waals surface area contributed by atoms with Crippen LogP contribution >= 0.6 is 11.3 Å². The molecule has 2 atom stereocenters. The summed E-state index contributed by atoms with van der Waals surface area (Å²) in [4.78, 5) is 11.4. The van der Waals surface area contributed by atoms with Gasteiger partial charge < -0.3 is 15.9 Å². The van der Waals surface area contributed by atoms with Crippen molar-refractivity contribution in [3.8, 4) is 0 Å². The number of carbonyl (C=O) groups excluding carboxylic acids is 1. The highest BCUT2D eigenvalue weighted by Gasteiger charge is 2.24. The number of hydrogen-bond donors (Lipinski definition) is 3. The lowest BCUT2D eigenvalue weighted by molar-refractivity contribution is -0.131. The molecule has 72 valence electrons. The number of aliphatic hydroxyl groups is 2. The maximum Gasteiger partial charge on any atom is 0.249 e. The first-order valence-electron chi connectivity index (χ1n) is 3.73. The van der Waals surface area contributed by atoms with Crippen LogP contribution in [0.15, 0.2) is 11.4 Å². The second kappa shape index (κ2) is 3.87. The van der Waals surface area contributed by atoms with Crippen LogP contribution in [-0.2, 0) is 4.79 Å². The first kappa shape index (κ1) is 10.2. The van der Waals surface area contributed by atoms with Crippen LogP contribution in [0.5, 0.6) is 0 Å². The van der Waals surface area contributed by atoms with Crippen LogP contribution in [-0.4, -0.2) is 22.2 Å². The van der Waals surface area contributed by atoms with Crippen LogP contribution in [0, 0.1) is 6.92 Å². The summed E-state index contributed by atoms with van der Waals surface area (Å²) < 4.78 is 0. The minimum Gasteiger partial charge on any atom is -0.385 e. The molecule has 1 rings (SSSR count). The van der Waals surface area contributed by atoms with Crippen molar-refractivity contribution in [2.45, 2.75) is 19.1 Å². The van der Waals surface area contributed by atoms with Crippen LogP contribution in [0.3, 0.4) is 0 Å². The van der Waals surface area contributed by atoms with Crippen molar-refractivity contribution in [3.63, 3.8) is 0 Å². The quantitative estimate of drug-likeness (QED) is 0.640. The van der Waals surface area contributed by atoms with Gasteiger partial charge in [-0.25, -0.2) is 0 Å². The fourth-order valence-corrected chi connectivity index (χ4v) is 1.77. The second-order valence-corrected chi connectivity index (χ2v) is 3.84. The lowest BCUT2D eigenvalue weighted by Gasteiger charge is -2.14. The number of aryl methyl sites for hydroxylation is 1. The molecule has 0 spiro atoms. The molecule has 0 saturated heterocycles. The highest BCUT2D eigenvalue weighted by atomic mass is 32.1. The highest BCUT2D eigenvalue weighted by molar-refractivity contribution is 7.10. The van der Waals surface area contributed by atoms with Gasteiger partial charge in [0.25, 0.3) is 0 Å². The number of rotatable bonds is 3. The van der Waals surface area contributed by atoms with Gasteiger partial charge in [0, 0.05) is 4.88 Å². The molecule has 0 aromatic carbocycles. The first-order valence-corrected chi connectivity index (χ1v) is 4.61. The molecule has 0 bridgehead atoms. The summed E-state index contributed by atoms with van der Waals surface area (Å²) in [7, 11) is 0. The van der Waals surface area contributed by atoms with Gasteiger partial charge >= 0.3 is 0 Å². The van der Waals surface area contributed by atoms with Crippen molar-refractivity contribution in [2.75, 3.05) is 0 Å². The number of nitrogens with two attached hydrogens (primary N) is 1. The summed E-state index contributed by atoms with van der Waals surface area (Å²) in [6.07, 6.45) is -2.75. The zero-order chi connectivity index (χ0) is 10.0. The largest absolute Gasteiger partial charge is 0.385 e. The summed E-state index contributed by atoms with van der Waals surface area (Å²) in [6, 6.07) is 1.66. The van der Waals surface area contributed by atoms with E-state index in [9.17, 15) is 15.0 Å². The van der Waals surface area contributed by atoms with E-state index in [-0.39, 0.29) is 0 Å². The van der Waals surface area contributed by atoms with E-state index in [2.05, 4.69) is 0 Å². The lowest BCUT2D eigenvalue weighted by atomic mass is 10.1. The van der Waals surface area contributed by atoms with Crippen LogP contribution in [0.4, 0.5) is 0 Å². The van der Waals surface area contributed by atoms with E-state index in [1.165, 1.54) is 11.3 Å². The van der Waals surface area contributed by atoms with Gasteiger partial charge in [-0.15, -0.1) is 11.3 Å². The molecule has 1 heterocycles. The Morgan fingerprint density at radius 2 is 2.23 bits per heavy atom. The number of carbonyl (C=O) groups is 1. The number of thiophene rings is 1. The van der Waals surface area contributed by atoms with E-state index in [0.717, 1.165) is 4.88 Å². The summed E-state index contributed by atoms with van der Waals surface area (Å²) in [5.74, 6) is -0.918. The van der Waals surface area contributed by atoms with Gasteiger partial charge in [0.15, 0.2) is 6.10 Å². The van der Waals surface area contributed by atoms with Crippen molar-refractivity contribution in [2.24, 2.45) is 5.73 Å². The summed E-state index contributed by atoms with van der Waals surface area (Å²) >= 11 is 1.44. The number of amides is 1. The Morgan fingerprint density at radius 1 is 1.62 bits per heavy atom. The van der Waals surface area contributed by atoms with E-state index >= 15 is 0 Å². The standard InChI is InChI=1S/C8H11NO3S/c1-4-5(2-3-13-4)6(10)7(11)8(9)12/h2-3,6-7,10-11H,1H3,(H2,9,12). The topological polar surface area (TPSA) is 83.6 Å². The predicted octanol–water partition coefficient (Wildman–Crippen LogP) is -0.0639. The molecule has 0 aliphatic carbocycles. The Morgan fingerprint density at radius 3 is 2.62 bits per heavy atom. The number of primary amides is 1. The smallest absolute Gasteiger partial charge is 0.249 e.